The zero-order chi connectivity index (χ0) is 15.4. The number of nitrogens with one attached hydrogen (secondary N) is 2. The van der Waals surface area contributed by atoms with E-state index in [1.807, 2.05) is 6.07 Å². The van der Waals surface area contributed by atoms with Crippen LogP contribution in [0.1, 0.15) is 16.1 Å². The molecule has 4 N–H and O–H groups in total. The Bertz CT molecular complexity index is 742. The molecule has 21 heavy (non-hydrogen) atoms. The van der Waals surface area contributed by atoms with Crippen molar-refractivity contribution in [1.82, 2.24) is 4.98 Å². The predicted octanol–water partition coefficient (Wildman–Crippen LogP) is 2.80. The Kier molecular flexibility index (Phi) is 4.60. The summed E-state index contributed by atoms with van der Waals surface area (Å²) in [6, 6.07) is 9.51. The smallest absolute Gasteiger partial charge is 0.275 e. The van der Waals surface area contributed by atoms with Gasteiger partial charge in [-0.1, -0.05) is 23.2 Å². The van der Waals surface area contributed by atoms with Crippen molar-refractivity contribution < 1.29 is 4.79 Å². The minimum Gasteiger partial charge on any atom is -0.321 e. The average Bonchev–Trinajstić information content (AvgIpc) is 2.48. The molecule has 2 rings (SSSR count). The molecule has 2 aromatic rings. The SMILES string of the molecule is N#Cc1ccc(NC(=O)c2nc(NN)ccc2Cl)cc1Cl. The molecular weight excluding hydrogens is 313 g/mol. The normalized spacial score (nSPS) is 9.81. The van der Waals surface area contributed by atoms with Crippen molar-refractivity contribution in [1.29, 1.82) is 5.26 Å². The van der Waals surface area contributed by atoms with Crippen molar-refractivity contribution in [2.24, 2.45) is 5.84 Å². The number of pyridine rings is 1. The highest BCUT2D eigenvalue weighted by molar-refractivity contribution is 6.34. The fraction of sp³-hybridized carbons (Fsp3) is 0. The summed E-state index contributed by atoms with van der Waals surface area (Å²) in [6.45, 7) is 0. The molecule has 8 heteroatoms. The number of benzene rings is 1. The minimum atomic E-state index is -0.516. The van der Waals surface area contributed by atoms with Gasteiger partial charge in [-0.15, -0.1) is 0 Å². The molecule has 0 aliphatic heterocycles. The number of nitrogens with two attached hydrogens (primary N) is 1. The van der Waals surface area contributed by atoms with Crippen molar-refractivity contribution in [3.05, 3.63) is 51.6 Å². The van der Waals surface area contributed by atoms with Crippen molar-refractivity contribution >= 4 is 40.6 Å². The largest absolute Gasteiger partial charge is 0.321 e. The lowest BCUT2D eigenvalue weighted by Crippen LogP contribution is -2.16. The zero-order valence-corrected chi connectivity index (χ0v) is 12.0. The Hall–Kier alpha value is -2.33. The van der Waals surface area contributed by atoms with E-state index in [4.69, 9.17) is 34.3 Å². The first-order valence-electron chi connectivity index (χ1n) is 5.69. The number of nitriles is 1. The molecule has 106 valence electrons. The van der Waals surface area contributed by atoms with E-state index in [1.54, 1.807) is 6.07 Å². The Morgan fingerprint density at radius 2 is 2.00 bits per heavy atom. The number of hydrogen-bond acceptors (Lipinski definition) is 5. The van der Waals surface area contributed by atoms with E-state index in [1.165, 1.54) is 24.3 Å². The second kappa shape index (κ2) is 6.41. The quantitative estimate of drug-likeness (QED) is 0.595. The van der Waals surface area contributed by atoms with Crippen molar-refractivity contribution in [2.45, 2.75) is 0 Å². The molecule has 0 aliphatic rings. The van der Waals surface area contributed by atoms with Crippen LogP contribution in [-0.4, -0.2) is 10.9 Å². The van der Waals surface area contributed by atoms with Gasteiger partial charge in [0.2, 0.25) is 0 Å². The Balaban J connectivity index is 2.26. The number of amides is 1. The number of aromatic nitrogens is 1. The second-order valence-electron chi connectivity index (χ2n) is 3.93. The second-order valence-corrected chi connectivity index (χ2v) is 4.75. The molecule has 0 aliphatic carbocycles. The van der Waals surface area contributed by atoms with Gasteiger partial charge < -0.3 is 10.7 Å². The van der Waals surface area contributed by atoms with Gasteiger partial charge in [-0.3, -0.25) is 4.79 Å². The van der Waals surface area contributed by atoms with E-state index < -0.39 is 5.91 Å². The van der Waals surface area contributed by atoms with Gasteiger partial charge in [-0.2, -0.15) is 5.26 Å². The Labute approximate surface area is 130 Å². The highest BCUT2D eigenvalue weighted by Crippen LogP contribution is 2.22. The molecule has 1 heterocycles. The van der Waals surface area contributed by atoms with Gasteiger partial charge in [0.15, 0.2) is 0 Å². The molecular formula is C13H9Cl2N5O. The molecule has 0 spiro atoms. The Morgan fingerprint density at radius 1 is 1.24 bits per heavy atom. The fourth-order valence-electron chi connectivity index (χ4n) is 1.56. The molecule has 0 radical (unpaired) electrons. The van der Waals surface area contributed by atoms with Gasteiger partial charge >= 0.3 is 0 Å². The third kappa shape index (κ3) is 3.41. The number of hydrogen-bond donors (Lipinski definition) is 3. The van der Waals surface area contributed by atoms with Crippen LogP contribution in [0.3, 0.4) is 0 Å². The van der Waals surface area contributed by atoms with Gasteiger partial charge in [0.25, 0.3) is 5.91 Å². The molecule has 1 aromatic carbocycles. The molecule has 1 aromatic heterocycles. The number of hydrazine groups is 1. The standard InChI is InChI=1S/C13H9Cl2N5O/c14-9-3-4-11(20-17)19-12(9)13(21)18-8-2-1-7(6-16)10(15)5-8/h1-5H,17H2,(H,18,21)(H,19,20). The predicted molar refractivity (Wildman–Crippen MR) is 81.2 cm³/mol. The summed E-state index contributed by atoms with van der Waals surface area (Å²) in [5.74, 6) is 5.03. The molecule has 0 saturated heterocycles. The molecule has 6 nitrogen and oxygen atoms in total. The van der Waals surface area contributed by atoms with E-state index in [-0.39, 0.29) is 15.7 Å². The van der Waals surface area contributed by atoms with Crippen molar-refractivity contribution in [3.8, 4) is 6.07 Å². The summed E-state index contributed by atoms with van der Waals surface area (Å²) in [7, 11) is 0. The number of nitrogens with zero attached hydrogens (tertiary/aromatic N) is 2. The zero-order valence-electron chi connectivity index (χ0n) is 10.5. The number of carbonyl (C=O) groups is 1. The molecule has 1 amide bonds. The lowest BCUT2D eigenvalue weighted by molar-refractivity contribution is 0.102. The maximum atomic E-state index is 12.1. The van der Waals surface area contributed by atoms with Crippen LogP contribution in [0.2, 0.25) is 10.0 Å². The van der Waals surface area contributed by atoms with E-state index in [0.717, 1.165) is 0 Å². The van der Waals surface area contributed by atoms with Crippen LogP contribution in [0.25, 0.3) is 0 Å². The van der Waals surface area contributed by atoms with Gasteiger partial charge in [0.1, 0.15) is 17.6 Å². The molecule has 0 unspecified atom stereocenters. The van der Waals surface area contributed by atoms with Crippen LogP contribution < -0.4 is 16.6 Å². The first kappa shape index (κ1) is 15.1. The van der Waals surface area contributed by atoms with E-state index >= 15 is 0 Å². The number of halogens is 2. The highest BCUT2D eigenvalue weighted by atomic mass is 35.5. The molecule has 0 bridgehead atoms. The highest BCUT2D eigenvalue weighted by Gasteiger charge is 2.14. The first-order valence-corrected chi connectivity index (χ1v) is 6.45. The van der Waals surface area contributed by atoms with Crippen molar-refractivity contribution in [3.63, 3.8) is 0 Å². The van der Waals surface area contributed by atoms with Crippen molar-refractivity contribution in [2.75, 3.05) is 10.7 Å². The summed E-state index contributed by atoms with van der Waals surface area (Å²) in [5.41, 5.74) is 3.10. The van der Waals surface area contributed by atoms with Crippen LogP contribution in [0.15, 0.2) is 30.3 Å². The number of rotatable bonds is 3. The van der Waals surface area contributed by atoms with Gasteiger partial charge in [0.05, 0.1) is 15.6 Å². The average molecular weight is 322 g/mol. The van der Waals surface area contributed by atoms with Crippen LogP contribution >= 0.6 is 23.2 Å². The van der Waals surface area contributed by atoms with Gasteiger partial charge in [-0.05, 0) is 30.3 Å². The summed E-state index contributed by atoms with van der Waals surface area (Å²) in [4.78, 5) is 16.1. The summed E-state index contributed by atoms with van der Waals surface area (Å²) in [5, 5.41) is 11.8. The summed E-state index contributed by atoms with van der Waals surface area (Å²) in [6.07, 6.45) is 0. The maximum Gasteiger partial charge on any atom is 0.275 e. The maximum absolute atomic E-state index is 12.1. The topological polar surface area (TPSA) is 104 Å². The van der Waals surface area contributed by atoms with Gasteiger partial charge in [-0.25, -0.2) is 10.8 Å². The minimum absolute atomic E-state index is 0.0209. The fourth-order valence-corrected chi connectivity index (χ4v) is 1.97. The van der Waals surface area contributed by atoms with E-state index in [2.05, 4.69) is 15.7 Å². The van der Waals surface area contributed by atoms with Crippen LogP contribution in [-0.2, 0) is 0 Å². The lowest BCUT2D eigenvalue weighted by Gasteiger charge is -2.08. The third-order valence-corrected chi connectivity index (χ3v) is 3.17. The summed E-state index contributed by atoms with van der Waals surface area (Å²) < 4.78 is 0. The molecule has 0 atom stereocenters. The van der Waals surface area contributed by atoms with E-state index in [9.17, 15) is 4.79 Å². The van der Waals surface area contributed by atoms with Gasteiger partial charge in [0, 0.05) is 5.69 Å². The molecule has 0 fully saturated rings. The number of carbonyl (C=O) groups excluding carboxylic acids is 1. The number of nitrogen functional groups attached to an aromatic ring is 1. The third-order valence-electron chi connectivity index (χ3n) is 2.56. The lowest BCUT2D eigenvalue weighted by atomic mass is 10.2. The monoisotopic (exact) mass is 321 g/mol. The Morgan fingerprint density at radius 3 is 2.62 bits per heavy atom. The van der Waals surface area contributed by atoms with Crippen LogP contribution in [0.4, 0.5) is 11.5 Å². The van der Waals surface area contributed by atoms with Crippen LogP contribution in [0, 0.1) is 11.3 Å². The first-order chi connectivity index (χ1) is 10.0. The number of anilines is 2. The summed E-state index contributed by atoms with van der Waals surface area (Å²) >= 11 is 11.8. The van der Waals surface area contributed by atoms with E-state index in [0.29, 0.717) is 17.1 Å². The van der Waals surface area contributed by atoms with Crippen LogP contribution in [0.5, 0.6) is 0 Å². The molecule has 0 saturated carbocycles.